The van der Waals surface area contributed by atoms with Crippen LogP contribution in [0, 0.1) is 24.0 Å². The predicted molar refractivity (Wildman–Crippen MR) is 127 cm³/mol. The molecule has 0 aliphatic carbocycles. The lowest BCUT2D eigenvalue weighted by atomic mass is 10.1. The van der Waals surface area contributed by atoms with E-state index in [0.717, 1.165) is 11.1 Å². The number of amides is 2. The number of nitrogens with one attached hydrogen (secondary N) is 2. The molecule has 0 spiro atoms. The molecule has 0 fully saturated rings. The third-order valence-corrected chi connectivity index (χ3v) is 5.69. The van der Waals surface area contributed by atoms with Gasteiger partial charge in [-0.05, 0) is 44.0 Å². The molecule has 0 unspecified atom stereocenters. The molecule has 0 aliphatic heterocycles. The summed E-state index contributed by atoms with van der Waals surface area (Å²) in [5.41, 5.74) is 2.86. The van der Waals surface area contributed by atoms with E-state index in [0.29, 0.717) is 28.8 Å². The molecular weight excluding hydrogens is 444 g/mol. The van der Waals surface area contributed by atoms with Crippen molar-refractivity contribution >= 4 is 40.6 Å². The molecule has 33 heavy (non-hydrogen) atoms. The van der Waals surface area contributed by atoms with Gasteiger partial charge in [-0.2, -0.15) is 0 Å². The molecule has 0 bridgehead atoms. The number of nitro benzene ring substituents is 1. The van der Waals surface area contributed by atoms with Gasteiger partial charge in [0.1, 0.15) is 5.69 Å². The molecule has 0 saturated heterocycles. The first-order valence-corrected chi connectivity index (χ1v) is 11.2. The smallest absolute Gasteiger partial charge is 0.293 e. The lowest BCUT2D eigenvalue weighted by Gasteiger charge is -2.11. The van der Waals surface area contributed by atoms with Crippen LogP contribution >= 0.6 is 11.8 Å². The fourth-order valence-electron chi connectivity index (χ4n) is 3.39. The van der Waals surface area contributed by atoms with Crippen molar-refractivity contribution in [3.05, 3.63) is 57.6 Å². The lowest BCUT2D eigenvalue weighted by molar-refractivity contribution is -0.384. The Bertz CT molecular complexity index is 1220. The van der Waals surface area contributed by atoms with Crippen molar-refractivity contribution in [3.63, 3.8) is 0 Å². The van der Waals surface area contributed by atoms with Crippen molar-refractivity contribution in [2.45, 2.75) is 39.4 Å². The number of carbonyl (C=O) groups excluding carboxylic acids is 2. The standard InChI is InChI=1S/C22H24N6O4S/c1-5-27-21(16-7-6-8-17(11-16)23-15(4)29)25-26-22(27)33-12-19(30)24-20-14(3)9-13(2)10-18(20)28(31)32/h6-11H,5,12H2,1-4H3,(H,23,29)(H,24,30). The van der Waals surface area contributed by atoms with Gasteiger partial charge in [-0.25, -0.2) is 0 Å². The zero-order valence-electron chi connectivity index (χ0n) is 18.7. The topological polar surface area (TPSA) is 132 Å². The number of aromatic nitrogens is 3. The monoisotopic (exact) mass is 468 g/mol. The Morgan fingerprint density at radius 3 is 2.58 bits per heavy atom. The largest absolute Gasteiger partial charge is 0.326 e. The number of nitro groups is 1. The van der Waals surface area contributed by atoms with E-state index in [9.17, 15) is 19.7 Å². The Labute approximate surface area is 194 Å². The number of hydrogen-bond acceptors (Lipinski definition) is 7. The maximum Gasteiger partial charge on any atom is 0.293 e. The van der Waals surface area contributed by atoms with Gasteiger partial charge in [0.05, 0.1) is 10.7 Å². The number of aryl methyl sites for hydroxylation is 2. The van der Waals surface area contributed by atoms with Crippen LogP contribution in [-0.2, 0) is 16.1 Å². The quantitative estimate of drug-likeness (QED) is 0.288. The Morgan fingerprint density at radius 2 is 1.91 bits per heavy atom. The Kier molecular flexibility index (Phi) is 7.44. The summed E-state index contributed by atoms with van der Waals surface area (Å²) in [5, 5.41) is 25.8. The molecule has 1 heterocycles. The van der Waals surface area contributed by atoms with E-state index >= 15 is 0 Å². The van der Waals surface area contributed by atoms with E-state index < -0.39 is 4.92 Å². The molecule has 2 aromatic carbocycles. The summed E-state index contributed by atoms with van der Waals surface area (Å²) in [6.45, 7) is 7.43. The van der Waals surface area contributed by atoms with Crippen LogP contribution in [0.3, 0.4) is 0 Å². The molecule has 0 saturated carbocycles. The highest BCUT2D eigenvalue weighted by Gasteiger charge is 2.20. The fraction of sp³-hybridized carbons (Fsp3) is 0.273. The first kappa shape index (κ1) is 23.9. The second-order valence-corrected chi connectivity index (χ2v) is 8.32. The number of rotatable bonds is 8. The Morgan fingerprint density at radius 1 is 1.15 bits per heavy atom. The van der Waals surface area contributed by atoms with Gasteiger partial charge in [-0.15, -0.1) is 10.2 Å². The lowest BCUT2D eigenvalue weighted by Crippen LogP contribution is -2.16. The summed E-state index contributed by atoms with van der Waals surface area (Å²) in [6.07, 6.45) is 0. The third kappa shape index (κ3) is 5.75. The highest BCUT2D eigenvalue weighted by atomic mass is 32.2. The van der Waals surface area contributed by atoms with E-state index in [4.69, 9.17) is 0 Å². The minimum absolute atomic E-state index is 0.00847. The van der Waals surface area contributed by atoms with Crippen LogP contribution in [0.4, 0.5) is 17.1 Å². The van der Waals surface area contributed by atoms with E-state index in [-0.39, 0.29) is 28.9 Å². The SMILES string of the molecule is CCn1c(SCC(=O)Nc2c(C)cc(C)cc2[N+](=O)[O-])nnc1-c1cccc(NC(C)=O)c1. The average molecular weight is 469 g/mol. The fourth-order valence-corrected chi connectivity index (χ4v) is 4.19. The molecule has 0 aliphatic rings. The number of nitrogens with zero attached hydrogens (tertiary/aromatic N) is 4. The number of carbonyl (C=O) groups is 2. The molecule has 0 radical (unpaired) electrons. The highest BCUT2D eigenvalue weighted by Crippen LogP contribution is 2.30. The van der Waals surface area contributed by atoms with Gasteiger partial charge in [0.2, 0.25) is 11.8 Å². The molecule has 3 aromatic rings. The number of anilines is 2. The summed E-state index contributed by atoms with van der Waals surface area (Å²) in [6, 6.07) is 10.5. The molecule has 11 heteroatoms. The van der Waals surface area contributed by atoms with E-state index in [2.05, 4.69) is 20.8 Å². The predicted octanol–water partition coefficient (Wildman–Crippen LogP) is 4.18. The molecule has 172 valence electrons. The van der Waals surface area contributed by atoms with Gasteiger partial charge in [-0.3, -0.25) is 19.7 Å². The summed E-state index contributed by atoms with van der Waals surface area (Å²) >= 11 is 1.19. The van der Waals surface area contributed by atoms with Crippen LogP contribution in [0.5, 0.6) is 0 Å². The normalized spacial score (nSPS) is 10.7. The second-order valence-electron chi connectivity index (χ2n) is 7.38. The maximum absolute atomic E-state index is 12.6. The van der Waals surface area contributed by atoms with Crippen LogP contribution in [0.25, 0.3) is 11.4 Å². The zero-order chi connectivity index (χ0) is 24.1. The summed E-state index contributed by atoms with van der Waals surface area (Å²) in [4.78, 5) is 34.8. The van der Waals surface area contributed by atoms with Gasteiger partial charge < -0.3 is 15.2 Å². The third-order valence-electron chi connectivity index (χ3n) is 4.73. The molecule has 2 N–H and O–H groups in total. The molecular formula is C22H24N6O4S. The Hall–Kier alpha value is -3.73. The van der Waals surface area contributed by atoms with Gasteiger partial charge in [-0.1, -0.05) is 30.0 Å². The molecule has 0 atom stereocenters. The molecule has 3 rings (SSSR count). The van der Waals surface area contributed by atoms with Crippen LogP contribution in [0.2, 0.25) is 0 Å². The number of thioether (sulfide) groups is 1. The number of hydrogen-bond donors (Lipinski definition) is 2. The summed E-state index contributed by atoms with van der Waals surface area (Å²) < 4.78 is 1.87. The van der Waals surface area contributed by atoms with E-state index in [1.54, 1.807) is 32.0 Å². The highest BCUT2D eigenvalue weighted by molar-refractivity contribution is 7.99. The van der Waals surface area contributed by atoms with Crippen molar-refractivity contribution in [2.24, 2.45) is 0 Å². The summed E-state index contributed by atoms with van der Waals surface area (Å²) in [5.74, 6) is 0.0668. The van der Waals surface area contributed by atoms with Gasteiger partial charge in [0.15, 0.2) is 11.0 Å². The van der Waals surface area contributed by atoms with Crippen LogP contribution in [0.1, 0.15) is 25.0 Å². The molecule has 2 amide bonds. The minimum atomic E-state index is -0.502. The maximum atomic E-state index is 12.6. The first-order chi connectivity index (χ1) is 15.7. The van der Waals surface area contributed by atoms with E-state index in [1.165, 1.54) is 24.8 Å². The average Bonchev–Trinajstić information content (AvgIpc) is 3.16. The van der Waals surface area contributed by atoms with Crippen molar-refractivity contribution in [1.82, 2.24) is 14.8 Å². The van der Waals surface area contributed by atoms with Gasteiger partial charge in [0.25, 0.3) is 5.69 Å². The van der Waals surface area contributed by atoms with Crippen molar-refractivity contribution < 1.29 is 14.5 Å². The number of benzene rings is 2. The van der Waals surface area contributed by atoms with Gasteiger partial charge in [0, 0.05) is 30.8 Å². The van der Waals surface area contributed by atoms with Gasteiger partial charge >= 0.3 is 0 Å². The van der Waals surface area contributed by atoms with Crippen LogP contribution < -0.4 is 10.6 Å². The van der Waals surface area contributed by atoms with E-state index in [1.807, 2.05) is 23.6 Å². The van der Waals surface area contributed by atoms with Crippen molar-refractivity contribution in [2.75, 3.05) is 16.4 Å². The zero-order valence-corrected chi connectivity index (χ0v) is 19.5. The van der Waals surface area contributed by atoms with Crippen LogP contribution in [-0.4, -0.2) is 37.3 Å². The van der Waals surface area contributed by atoms with Crippen molar-refractivity contribution in [3.8, 4) is 11.4 Å². The molecule has 1 aromatic heterocycles. The second kappa shape index (κ2) is 10.3. The van der Waals surface area contributed by atoms with Crippen LogP contribution in [0.15, 0.2) is 41.6 Å². The Balaban J connectivity index is 1.76. The minimum Gasteiger partial charge on any atom is -0.326 e. The summed E-state index contributed by atoms with van der Waals surface area (Å²) in [7, 11) is 0. The van der Waals surface area contributed by atoms with Crippen molar-refractivity contribution in [1.29, 1.82) is 0 Å². The first-order valence-electron chi connectivity index (χ1n) is 10.2. The molecule has 10 nitrogen and oxygen atoms in total.